The smallest absolute Gasteiger partial charge is 0.261 e. The fourth-order valence-electron chi connectivity index (χ4n) is 2.50. The highest BCUT2D eigenvalue weighted by atomic mass is 79.9. The molecule has 0 spiro atoms. The average Bonchev–Trinajstić information content (AvgIpc) is 2.72. The first-order chi connectivity index (χ1) is 14.3. The van der Waals surface area contributed by atoms with Gasteiger partial charge in [0.25, 0.3) is 11.8 Å². The Morgan fingerprint density at radius 3 is 2.60 bits per heavy atom. The van der Waals surface area contributed by atoms with Gasteiger partial charge in [0, 0.05) is 21.8 Å². The predicted octanol–water partition coefficient (Wildman–Crippen LogP) is 4.89. The Hall–Kier alpha value is -2.45. The first kappa shape index (κ1) is 23.8. The van der Waals surface area contributed by atoms with Crippen LogP contribution in [-0.2, 0) is 0 Å². The van der Waals surface area contributed by atoms with Gasteiger partial charge in [-0.2, -0.15) is 0 Å². The van der Waals surface area contributed by atoms with Crippen molar-refractivity contribution in [3.8, 4) is 5.75 Å². The molecular weight excluding hydrogens is 466 g/mol. The summed E-state index contributed by atoms with van der Waals surface area (Å²) in [6.07, 6.45) is 1.68. The Bertz CT molecular complexity index is 920. The van der Waals surface area contributed by atoms with Crippen LogP contribution in [0, 0.1) is 0 Å². The quantitative estimate of drug-likeness (QED) is 0.458. The van der Waals surface area contributed by atoms with Crippen LogP contribution in [-0.4, -0.2) is 29.6 Å². The van der Waals surface area contributed by atoms with E-state index in [1.807, 2.05) is 26.8 Å². The van der Waals surface area contributed by atoms with Crippen LogP contribution in [0.1, 0.15) is 54.3 Å². The van der Waals surface area contributed by atoms with E-state index < -0.39 is 0 Å². The summed E-state index contributed by atoms with van der Waals surface area (Å²) in [5.74, 6) is -0.0514. The molecule has 0 aromatic heterocycles. The van der Waals surface area contributed by atoms with E-state index in [0.717, 1.165) is 17.3 Å². The minimum absolute atomic E-state index is 0.0869. The van der Waals surface area contributed by atoms with Crippen LogP contribution in [0.2, 0.25) is 0 Å². The van der Waals surface area contributed by atoms with Crippen LogP contribution in [0.3, 0.4) is 0 Å². The highest BCUT2D eigenvalue weighted by Crippen LogP contribution is 2.23. The SMILES string of the molecule is CCCOc1ccc(Br)cc1C(=O)NC(=S)Nc1cccc(C(=O)NC(C)CC)c1. The van der Waals surface area contributed by atoms with Crippen LogP contribution in [0.25, 0.3) is 0 Å². The van der Waals surface area contributed by atoms with Gasteiger partial charge in [0.1, 0.15) is 5.75 Å². The highest BCUT2D eigenvalue weighted by Gasteiger charge is 2.15. The molecule has 2 rings (SSSR count). The van der Waals surface area contributed by atoms with Crippen LogP contribution < -0.4 is 20.7 Å². The number of rotatable bonds is 8. The molecule has 160 valence electrons. The first-order valence-electron chi connectivity index (χ1n) is 9.79. The third kappa shape index (κ3) is 7.11. The van der Waals surface area contributed by atoms with Gasteiger partial charge in [-0.1, -0.05) is 35.8 Å². The van der Waals surface area contributed by atoms with Gasteiger partial charge in [-0.05, 0) is 68.4 Å². The zero-order valence-electron chi connectivity index (χ0n) is 17.3. The fourth-order valence-corrected chi connectivity index (χ4v) is 3.07. The molecule has 2 aromatic rings. The van der Waals surface area contributed by atoms with E-state index in [-0.39, 0.29) is 23.0 Å². The molecule has 0 aliphatic rings. The maximum atomic E-state index is 12.7. The molecule has 0 radical (unpaired) electrons. The van der Waals surface area contributed by atoms with Gasteiger partial charge in [0.15, 0.2) is 5.11 Å². The lowest BCUT2D eigenvalue weighted by atomic mass is 10.1. The molecule has 2 amide bonds. The van der Waals surface area contributed by atoms with Gasteiger partial charge in [-0.25, -0.2) is 0 Å². The van der Waals surface area contributed by atoms with E-state index >= 15 is 0 Å². The summed E-state index contributed by atoms with van der Waals surface area (Å²) in [6, 6.07) is 12.3. The molecule has 0 fully saturated rings. The topological polar surface area (TPSA) is 79.5 Å². The van der Waals surface area contributed by atoms with E-state index in [2.05, 4.69) is 31.9 Å². The molecule has 1 unspecified atom stereocenters. The van der Waals surface area contributed by atoms with Crippen molar-refractivity contribution in [2.24, 2.45) is 0 Å². The summed E-state index contributed by atoms with van der Waals surface area (Å²) in [6.45, 7) is 6.46. The normalized spacial score (nSPS) is 11.3. The van der Waals surface area contributed by atoms with Gasteiger partial charge in [0.2, 0.25) is 0 Å². The number of benzene rings is 2. The largest absolute Gasteiger partial charge is 0.493 e. The van der Waals surface area contributed by atoms with Crippen molar-refractivity contribution >= 4 is 50.8 Å². The van der Waals surface area contributed by atoms with E-state index in [9.17, 15) is 9.59 Å². The van der Waals surface area contributed by atoms with Crippen molar-refractivity contribution in [3.05, 3.63) is 58.1 Å². The zero-order valence-corrected chi connectivity index (χ0v) is 19.7. The van der Waals surface area contributed by atoms with Crippen LogP contribution in [0.15, 0.2) is 46.9 Å². The number of halogens is 1. The summed E-state index contributed by atoms with van der Waals surface area (Å²) in [7, 11) is 0. The van der Waals surface area contributed by atoms with E-state index in [0.29, 0.717) is 29.2 Å². The van der Waals surface area contributed by atoms with Crippen molar-refractivity contribution in [3.63, 3.8) is 0 Å². The summed E-state index contributed by atoms with van der Waals surface area (Å²) >= 11 is 8.65. The van der Waals surface area contributed by atoms with Gasteiger partial charge in [0.05, 0.1) is 12.2 Å². The summed E-state index contributed by atoms with van der Waals surface area (Å²) in [4.78, 5) is 25.0. The lowest BCUT2D eigenvalue weighted by Gasteiger charge is -2.14. The van der Waals surface area contributed by atoms with Crippen molar-refractivity contribution in [2.45, 2.75) is 39.7 Å². The number of ether oxygens (including phenoxy) is 1. The maximum absolute atomic E-state index is 12.7. The van der Waals surface area contributed by atoms with Crippen LogP contribution in [0.4, 0.5) is 5.69 Å². The Morgan fingerprint density at radius 2 is 1.90 bits per heavy atom. The minimum atomic E-state index is -0.384. The second-order valence-corrected chi connectivity index (χ2v) is 8.08. The van der Waals surface area contributed by atoms with Gasteiger partial charge in [-0.3, -0.25) is 14.9 Å². The Balaban J connectivity index is 2.06. The molecule has 6 nitrogen and oxygen atoms in total. The third-order valence-electron chi connectivity index (χ3n) is 4.25. The predicted molar refractivity (Wildman–Crippen MR) is 127 cm³/mol. The highest BCUT2D eigenvalue weighted by molar-refractivity contribution is 9.10. The lowest BCUT2D eigenvalue weighted by molar-refractivity contribution is 0.0937. The molecule has 0 heterocycles. The van der Waals surface area contributed by atoms with Crippen molar-refractivity contribution in [1.29, 1.82) is 0 Å². The van der Waals surface area contributed by atoms with Crippen molar-refractivity contribution < 1.29 is 14.3 Å². The number of anilines is 1. The number of nitrogens with one attached hydrogen (secondary N) is 3. The summed E-state index contributed by atoms with van der Waals surface area (Å²) < 4.78 is 6.42. The Morgan fingerprint density at radius 1 is 1.13 bits per heavy atom. The molecule has 30 heavy (non-hydrogen) atoms. The molecule has 0 aliphatic heterocycles. The second kappa shape index (κ2) is 11.7. The number of hydrogen-bond donors (Lipinski definition) is 3. The molecule has 0 bridgehead atoms. The van der Waals surface area contributed by atoms with E-state index in [1.165, 1.54) is 0 Å². The minimum Gasteiger partial charge on any atom is -0.493 e. The second-order valence-electron chi connectivity index (χ2n) is 6.76. The molecule has 1 atom stereocenters. The fraction of sp³-hybridized carbons (Fsp3) is 0.318. The number of thiocarbonyl (C=S) groups is 1. The third-order valence-corrected chi connectivity index (χ3v) is 4.94. The lowest BCUT2D eigenvalue weighted by Crippen LogP contribution is -2.34. The number of amides is 2. The Kier molecular flexibility index (Phi) is 9.26. The molecular formula is C22H26BrN3O3S. The van der Waals surface area contributed by atoms with Gasteiger partial charge in [-0.15, -0.1) is 0 Å². The number of carbonyl (C=O) groups excluding carboxylic acids is 2. The van der Waals surface area contributed by atoms with Crippen molar-refractivity contribution in [1.82, 2.24) is 10.6 Å². The van der Waals surface area contributed by atoms with Crippen LogP contribution >= 0.6 is 28.1 Å². The zero-order chi connectivity index (χ0) is 22.1. The average molecular weight is 492 g/mol. The monoisotopic (exact) mass is 491 g/mol. The molecule has 0 aliphatic carbocycles. The first-order valence-corrected chi connectivity index (χ1v) is 11.0. The standard InChI is InChI=1S/C22H26BrN3O3S/c1-4-11-29-19-10-9-16(23)13-18(19)21(28)26-22(30)25-17-8-6-7-15(12-17)20(27)24-14(3)5-2/h6-10,12-14H,4-5,11H2,1-3H3,(H,24,27)(H2,25,26,28,30). The van der Waals surface area contributed by atoms with Gasteiger partial charge < -0.3 is 15.4 Å². The van der Waals surface area contributed by atoms with Crippen molar-refractivity contribution in [2.75, 3.05) is 11.9 Å². The molecule has 0 saturated carbocycles. The molecule has 2 aromatic carbocycles. The Labute approximate surface area is 190 Å². The summed E-state index contributed by atoms with van der Waals surface area (Å²) in [5.41, 5.74) is 1.49. The van der Waals surface area contributed by atoms with E-state index in [1.54, 1.807) is 36.4 Å². The number of carbonyl (C=O) groups is 2. The summed E-state index contributed by atoms with van der Waals surface area (Å²) in [5, 5.41) is 8.65. The van der Waals surface area contributed by atoms with Gasteiger partial charge >= 0.3 is 0 Å². The molecule has 0 saturated heterocycles. The van der Waals surface area contributed by atoms with Crippen LogP contribution in [0.5, 0.6) is 5.75 Å². The maximum Gasteiger partial charge on any atom is 0.261 e. The number of hydrogen-bond acceptors (Lipinski definition) is 4. The van der Waals surface area contributed by atoms with E-state index in [4.69, 9.17) is 17.0 Å². The molecule has 8 heteroatoms. The molecule has 3 N–H and O–H groups in total.